The second-order valence-electron chi connectivity index (χ2n) is 4.65. The van der Waals surface area contributed by atoms with Crippen LogP contribution in [0.3, 0.4) is 0 Å². The molecule has 0 saturated heterocycles. The summed E-state index contributed by atoms with van der Waals surface area (Å²) in [6.07, 6.45) is 2.83. The van der Waals surface area contributed by atoms with Crippen LogP contribution < -0.4 is 0 Å². The van der Waals surface area contributed by atoms with Gasteiger partial charge in [-0.2, -0.15) is 4.31 Å². The van der Waals surface area contributed by atoms with Gasteiger partial charge in [0, 0.05) is 17.5 Å². The molecule has 1 aromatic rings. The van der Waals surface area contributed by atoms with Crippen LogP contribution in [-0.2, 0) is 15.9 Å². The van der Waals surface area contributed by atoms with E-state index in [0.717, 1.165) is 29.7 Å². The van der Waals surface area contributed by atoms with Crippen molar-refractivity contribution >= 4 is 33.0 Å². The molecule has 1 aliphatic rings. The highest BCUT2D eigenvalue weighted by Crippen LogP contribution is 2.35. The largest absolute Gasteiger partial charge is 0.252 e. The van der Waals surface area contributed by atoms with Gasteiger partial charge in [-0.1, -0.05) is 6.92 Å². The van der Waals surface area contributed by atoms with Crippen LogP contribution >= 0.6 is 22.9 Å². The number of hydrogen-bond acceptors (Lipinski definition) is 3. The Hall–Kier alpha value is -0.100. The van der Waals surface area contributed by atoms with Gasteiger partial charge in [0.2, 0.25) is 0 Å². The summed E-state index contributed by atoms with van der Waals surface area (Å²) in [5, 5.41) is 0. The first-order valence-corrected chi connectivity index (χ1v) is 8.97. The van der Waals surface area contributed by atoms with Crippen LogP contribution in [0.2, 0.25) is 0 Å². The van der Waals surface area contributed by atoms with Crippen molar-refractivity contribution in [2.45, 2.75) is 49.2 Å². The smallest absolute Gasteiger partial charge is 0.206 e. The predicted octanol–water partition coefficient (Wildman–Crippen LogP) is 3.36. The molecule has 1 aromatic heterocycles. The fraction of sp³-hybridized carbons (Fsp3) is 0.667. The van der Waals surface area contributed by atoms with Crippen molar-refractivity contribution in [3.63, 3.8) is 0 Å². The van der Waals surface area contributed by atoms with Crippen LogP contribution in [-0.4, -0.2) is 25.3 Å². The lowest BCUT2D eigenvalue weighted by molar-refractivity contribution is 0.404. The predicted molar refractivity (Wildman–Crippen MR) is 75.8 cm³/mol. The van der Waals surface area contributed by atoms with Gasteiger partial charge < -0.3 is 0 Å². The Labute approximate surface area is 118 Å². The zero-order chi connectivity index (χ0) is 13.3. The van der Waals surface area contributed by atoms with E-state index in [-0.39, 0.29) is 6.04 Å². The van der Waals surface area contributed by atoms with Crippen LogP contribution in [0, 0.1) is 6.92 Å². The van der Waals surface area contributed by atoms with Crippen LogP contribution in [0.4, 0.5) is 0 Å². The first-order chi connectivity index (χ1) is 8.50. The molecule has 1 saturated carbocycles. The van der Waals surface area contributed by atoms with E-state index in [1.165, 1.54) is 11.3 Å². The van der Waals surface area contributed by atoms with E-state index < -0.39 is 10.0 Å². The van der Waals surface area contributed by atoms with E-state index >= 15 is 0 Å². The Morgan fingerprint density at radius 1 is 1.50 bits per heavy atom. The van der Waals surface area contributed by atoms with Gasteiger partial charge in [-0.15, -0.1) is 22.9 Å². The first kappa shape index (κ1) is 14.3. The minimum absolute atomic E-state index is 0.219. The molecule has 0 unspecified atom stereocenters. The number of rotatable bonds is 6. The number of aryl methyl sites for hydroxylation is 1. The number of halogens is 1. The third kappa shape index (κ3) is 2.74. The van der Waals surface area contributed by atoms with Gasteiger partial charge in [-0.25, -0.2) is 8.42 Å². The minimum Gasteiger partial charge on any atom is -0.206 e. The Morgan fingerprint density at radius 3 is 2.61 bits per heavy atom. The molecule has 0 aliphatic heterocycles. The summed E-state index contributed by atoms with van der Waals surface area (Å²) in [4.78, 5) is 0.947. The molecule has 0 aromatic carbocycles. The highest BCUT2D eigenvalue weighted by atomic mass is 35.5. The molecule has 18 heavy (non-hydrogen) atoms. The number of hydrogen-bond donors (Lipinski definition) is 0. The quantitative estimate of drug-likeness (QED) is 0.756. The minimum atomic E-state index is -3.32. The van der Waals surface area contributed by atoms with E-state index in [1.807, 2.05) is 13.8 Å². The Balaban J connectivity index is 2.33. The van der Waals surface area contributed by atoms with Crippen molar-refractivity contribution < 1.29 is 8.42 Å². The number of nitrogens with zero attached hydrogens (tertiary/aromatic N) is 1. The van der Waals surface area contributed by atoms with Gasteiger partial charge in [0.1, 0.15) is 4.21 Å². The third-order valence-corrected chi connectivity index (χ3v) is 7.14. The summed E-state index contributed by atoms with van der Waals surface area (Å²) < 4.78 is 27.3. The van der Waals surface area contributed by atoms with E-state index in [4.69, 9.17) is 11.6 Å². The van der Waals surface area contributed by atoms with E-state index in [9.17, 15) is 8.42 Å². The maximum absolute atomic E-state index is 12.6. The van der Waals surface area contributed by atoms with Gasteiger partial charge in [-0.3, -0.25) is 0 Å². The molecule has 1 aliphatic carbocycles. The van der Waals surface area contributed by atoms with Gasteiger partial charge in [-0.05, 0) is 37.8 Å². The van der Waals surface area contributed by atoms with Crippen molar-refractivity contribution in [3.8, 4) is 0 Å². The van der Waals surface area contributed by atoms with Crippen LogP contribution in [0.15, 0.2) is 10.3 Å². The second-order valence-corrected chi connectivity index (χ2v) is 8.17. The molecular formula is C12H18ClNO2S2. The van der Waals surface area contributed by atoms with Gasteiger partial charge in [0.15, 0.2) is 0 Å². The van der Waals surface area contributed by atoms with Crippen molar-refractivity contribution in [2.24, 2.45) is 0 Å². The molecule has 0 amide bonds. The summed E-state index contributed by atoms with van der Waals surface area (Å²) in [5.74, 6) is 0.378. The normalized spacial score (nSPS) is 16.4. The number of alkyl halides is 1. The Bertz CT molecular complexity index is 520. The third-order valence-electron chi connectivity index (χ3n) is 3.08. The van der Waals surface area contributed by atoms with Gasteiger partial charge in [0.25, 0.3) is 10.0 Å². The molecular weight excluding hydrogens is 290 g/mol. The van der Waals surface area contributed by atoms with E-state index in [1.54, 1.807) is 10.4 Å². The monoisotopic (exact) mass is 307 g/mol. The van der Waals surface area contributed by atoms with E-state index in [0.29, 0.717) is 16.6 Å². The maximum atomic E-state index is 12.6. The van der Waals surface area contributed by atoms with Gasteiger partial charge in [0.05, 0.1) is 5.88 Å². The lowest BCUT2D eigenvalue weighted by Crippen LogP contribution is -2.33. The molecule has 3 nitrogen and oxygen atoms in total. The van der Waals surface area contributed by atoms with Crippen molar-refractivity contribution in [1.29, 1.82) is 0 Å². The lowest BCUT2D eigenvalue weighted by Gasteiger charge is -2.20. The summed E-state index contributed by atoms with van der Waals surface area (Å²) in [5.41, 5.74) is 0.973. The number of thiophene rings is 1. The SMILES string of the molecule is CCCN(C1CC1)S(=O)(=O)c1cc(C)c(CCl)s1. The van der Waals surface area contributed by atoms with Crippen molar-refractivity contribution in [1.82, 2.24) is 4.31 Å². The van der Waals surface area contributed by atoms with Crippen LogP contribution in [0.25, 0.3) is 0 Å². The molecule has 0 bridgehead atoms. The maximum Gasteiger partial charge on any atom is 0.252 e. The molecule has 0 atom stereocenters. The fourth-order valence-electron chi connectivity index (χ4n) is 1.95. The average Bonchev–Trinajstić information content (AvgIpc) is 3.08. The zero-order valence-corrected chi connectivity index (χ0v) is 13.0. The molecule has 102 valence electrons. The molecule has 0 radical (unpaired) electrons. The van der Waals surface area contributed by atoms with Gasteiger partial charge >= 0.3 is 0 Å². The standard InChI is InChI=1S/C12H18ClNO2S2/c1-3-6-14(10-4-5-10)18(15,16)12-7-9(2)11(8-13)17-12/h7,10H,3-6,8H2,1-2H3. The molecule has 2 rings (SSSR count). The van der Waals surface area contributed by atoms with Crippen LogP contribution in [0.1, 0.15) is 36.6 Å². The second kappa shape index (κ2) is 5.49. The number of sulfonamides is 1. The molecule has 6 heteroatoms. The summed E-state index contributed by atoms with van der Waals surface area (Å²) in [6.45, 7) is 4.53. The van der Waals surface area contributed by atoms with Crippen molar-refractivity contribution in [2.75, 3.05) is 6.54 Å². The summed E-state index contributed by atoms with van der Waals surface area (Å²) in [6, 6.07) is 1.97. The lowest BCUT2D eigenvalue weighted by atomic mass is 10.3. The summed E-state index contributed by atoms with van der Waals surface area (Å²) >= 11 is 7.12. The topological polar surface area (TPSA) is 37.4 Å². The molecule has 0 N–H and O–H groups in total. The average molecular weight is 308 g/mol. The first-order valence-electron chi connectivity index (χ1n) is 6.17. The Kier molecular flexibility index (Phi) is 4.36. The fourth-order valence-corrected chi connectivity index (χ4v) is 5.67. The molecule has 0 spiro atoms. The van der Waals surface area contributed by atoms with Crippen LogP contribution in [0.5, 0.6) is 0 Å². The van der Waals surface area contributed by atoms with Crippen molar-refractivity contribution in [3.05, 3.63) is 16.5 Å². The zero-order valence-electron chi connectivity index (χ0n) is 10.6. The van der Waals surface area contributed by atoms with E-state index in [2.05, 4.69) is 0 Å². The Morgan fingerprint density at radius 2 is 2.17 bits per heavy atom. The molecule has 1 heterocycles. The highest BCUT2D eigenvalue weighted by Gasteiger charge is 2.38. The molecule has 1 fully saturated rings. The summed E-state index contributed by atoms with van der Waals surface area (Å²) in [7, 11) is -3.32. The highest BCUT2D eigenvalue weighted by molar-refractivity contribution is 7.91.